The van der Waals surface area contributed by atoms with Crippen molar-refractivity contribution in [2.45, 2.75) is 96.7 Å². The van der Waals surface area contributed by atoms with E-state index in [-0.39, 0.29) is 23.6 Å². The smallest absolute Gasteiger partial charge is 0.303 e. The molecule has 0 atom stereocenters. The van der Waals surface area contributed by atoms with Crippen LogP contribution in [-0.4, -0.2) is 23.6 Å². The van der Waals surface area contributed by atoms with E-state index in [1.807, 2.05) is 6.92 Å². The molecule has 4 heteroatoms. The SMILES string of the molecule is CC(=O)OC1(C)CCCCC1.CC(=O)OC1CCCCC1. The van der Waals surface area contributed by atoms with Gasteiger partial charge in [-0.15, -0.1) is 0 Å². The van der Waals surface area contributed by atoms with Gasteiger partial charge in [-0.25, -0.2) is 0 Å². The minimum Gasteiger partial charge on any atom is -0.463 e. The second kappa shape index (κ2) is 9.06. The highest BCUT2D eigenvalue weighted by molar-refractivity contribution is 5.66. The van der Waals surface area contributed by atoms with Crippen LogP contribution in [0.5, 0.6) is 0 Å². The van der Waals surface area contributed by atoms with E-state index in [2.05, 4.69) is 0 Å². The third-order valence-corrected chi connectivity index (χ3v) is 4.19. The lowest BCUT2D eigenvalue weighted by Crippen LogP contribution is -2.32. The molecule has 0 aromatic carbocycles. The molecule has 0 amide bonds. The van der Waals surface area contributed by atoms with E-state index in [0.717, 1.165) is 25.7 Å². The number of rotatable bonds is 2. The molecule has 0 radical (unpaired) electrons. The normalized spacial score (nSPS) is 21.7. The molecule has 0 unspecified atom stereocenters. The van der Waals surface area contributed by atoms with Crippen molar-refractivity contribution >= 4 is 11.9 Å². The van der Waals surface area contributed by atoms with Crippen LogP contribution in [0, 0.1) is 0 Å². The van der Waals surface area contributed by atoms with Crippen molar-refractivity contribution in [3.8, 4) is 0 Å². The molecule has 0 spiro atoms. The maximum absolute atomic E-state index is 10.7. The molecule has 0 aromatic rings. The van der Waals surface area contributed by atoms with E-state index in [4.69, 9.17) is 9.47 Å². The van der Waals surface area contributed by atoms with Gasteiger partial charge in [0.05, 0.1) is 0 Å². The summed E-state index contributed by atoms with van der Waals surface area (Å²) in [5.74, 6) is -0.277. The molecule has 2 saturated carbocycles. The second-order valence-corrected chi connectivity index (χ2v) is 6.47. The highest BCUT2D eigenvalue weighted by atomic mass is 16.6. The van der Waals surface area contributed by atoms with E-state index < -0.39 is 0 Å². The molecule has 122 valence electrons. The van der Waals surface area contributed by atoms with Crippen LogP contribution in [0.4, 0.5) is 0 Å². The lowest BCUT2D eigenvalue weighted by Gasteiger charge is -2.32. The van der Waals surface area contributed by atoms with Crippen molar-refractivity contribution in [3.05, 3.63) is 0 Å². The van der Waals surface area contributed by atoms with Crippen molar-refractivity contribution in [2.75, 3.05) is 0 Å². The van der Waals surface area contributed by atoms with Crippen LogP contribution in [0.25, 0.3) is 0 Å². The van der Waals surface area contributed by atoms with E-state index in [1.54, 1.807) is 0 Å². The summed E-state index contributed by atoms with van der Waals surface area (Å²) in [6, 6.07) is 0. The van der Waals surface area contributed by atoms with Gasteiger partial charge in [-0.2, -0.15) is 0 Å². The van der Waals surface area contributed by atoms with Gasteiger partial charge in [-0.05, 0) is 58.3 Å². The fourth-order valence-corrected chi connectivity index (χ4v) is 3.17. The molecule has 0 heterocycles. The van der Waals surface area contributed by atoms with Crippen molar-refractivity contribution < 1.29 is 19.1 Å². The minimum atomic E-state index is -0.149. The highest BCUT2D eigenvalue weighted by Crippen LogP contribution is 2.30. The molecule has 4 nitrogen and oxygen atoms in total. The van der Waals surface area contributed by atoms with Crippen LogP contribution in [-0.2, 0) is 19.1 Å². The number of hydrogen-bond acceptors (Lipinski definition) is 4. The van der Waals surface area contributed by atoms with Crippen molar-refractivity contribution in [1.82, 2.24) is 0 Å². The number of ether oxygens (including phenoxy) is 2. The Morgan fingerprint density at radius 3 is 1.86 bits per heavy atom. The summed E-state index contributed by atoms with van der Waals surface area (Å²) >= 11 is 0. The fraction of sp³-hybridized carbons (Fsp3) is 0.882. The zero-order valence-electron chi connectivity index (χ0n) is 13.8. The van der Waals surface area contributed by atoms with Crippen molar-refractivity contribution in [1.29, 1.82) is 0 Å². The average molecular weight is 298 g/mol. The topological polar surface area (TPSA) is 52.6 Å². The van der Waals surface area contributed by atoms with Crippen LogP contribution < -0.4 is 0 Å². The Hall–Kier alpha value is -1.06. The molecule has 0 N–H and O–H groups in total. The Bertz CT molecular complexity index is 326. The Morgan fingerprint density at radius 1 is 0.857 bits per heavy atom. The van der Waals surface area contributed by atoms with Gasteiger partial charge in [-0.3, -0.25) is 9.59 Å². The van der Waals surface area contributed by atoms with E-state index >= 15 is 0 Å². The zero-order valence-corrected chi connectivity index (χ0v) is 13.8. The predicted molar refractivity (Wildman–Crippen MR) is 81.9 cm³/mol. The second-order valence-electron chi connectivity index (χ2n) is 6.47. The van der Waals surface area contributed by atoms with Crippen molar-refractivity contribution in [3.63, 3.8) is 0 Å². The Labute approximate surface area is 128 Å². The van der Waals surface area contributed by atoms with Crippen LogP contribution >= 0.6 is 0 Å². The first-order valence-electron chi connectivity index (χ1n) is 8.28. The quantitative estimate of drug-likeness (QED) is 0.718. The Kier molecular flexibility index (Phi) is 7.76. The molecule has 0 aliphatic heterocycles. The van der Waals surface area contributed by atoms with Gasteiger partial charge >= 0.3 is 11.9 Å². The number of esters is 2. The molecule has 0 saturated heterocycles. The molecule has 2 rings (SSSR count). The predicted octanol–water partition coefficient (Wildman–Crippen LogP) is 4.15. The first-order chi connectivity index (χ1) is 9.91. The highest BCUT2D eigenvalue weighted by Gasteiger charge is 2.29. The van der Waals surface area contributed by atoms with E-state index in [0.29, 0.717) is 0 Å². The molecule has 0 bridgehead atoms. The van der Waals surface area contributed by atoms with Gasteiger partial charge in [0, 0.05) is 13.8 Å². The summed E-state index contributed by atoms with van der Waals surface area (Å²) in [5.41, 5.74) is -0.149. The number of hydrogen-bond donors (Lipinski definition) is 0. The summed E-state index contributed by atoms with van der Waals surface area (Å²) in [4.78, 5) is 21.2. The van der Waals surface area contributed by atoms with Crippen LogP contribution in [0.1, 0.15) is 85.0 Å². The summed E-state index contributed by atoms with van der Waals surface area (Å²) in [6.07, 6.45) is 11.9. The molecule has 21 heavy (non-hydrogen) atoms. The standard InChI is InChI=1S/C9H16O2.C8H14O2/c1-8(10)11-9(2)6-4-3-5-7-9;1-7(9)10-8-5-3-2-4-6-8/h3-7H2,1-2H3;8H,2-6H2,1H3. The van der Waals surface area contributed by atoms with Crippen LogP contribution in [0.2, 0.25) is 0 Å². The van der Waals surface area contributed by atoms with Crippen molar-refractivity contribution in [2.24, 2.45) is 0 Å². The molecule has 0 aromatic heterocycles. The lowest BCUT2D eigenvalue weighted by molar-refractivity contribution is -0.158. The summed E-state index contributed by atoms with van der Waals surface area (Å²) in [6.45, 7) is 5.00. The fourth-order valence-electron chi connectivity index (χ4n) is 3.17. The minimum absolute atomic E-state index is 0.132. The van der Waals surface area contributed by atoms with Crippen LogP contribution in [0.15, 0.2) is 0 Å². The Balaban J connectivity index is 0.000000211. The zero-order chi connectivity index (χ0) is 15.7. The van der Waals surface area contributed by atoms with Gasteiger partial charge in [0.2, 0.25) is 0 Å². The molecule has 2 fully saturated rings. The molecular formula is C17H30O4. The van der Waals surface area contributed by atoms with Gasteiger partial charge < -0.3 is 9.47 Å². The molecule has 2 aliphatic rings. The van der Waals surface area contributed by atoms with Crippen LogP contribution in [0.3, 0.4) is 0 Å². The van der Waals surface area contributed by atoms with Gasteiger partial charge in [-0.1, -0.05) is 12.8 Å². The molecule has 2 aliphatic carbocycles. The maximum atomic E-state index is 10.7. The number of carbonyl (C=O) groups excluding carboxylic acids is 2. The van der Waals surface area contributed by atoms with Gasteiger partial charge in [0.1, 0.15) is 11.7 Å². The average Bonchev–Trinajstić information content (AvgIpc) is 2.39. The molecular weight excluding hydrogens is 268 g/mol. The van der Waals surface area contributed by atoms with Gasteiger partial charge in [0.15, 0.2) is 0 Å². The third-order valence-electron chi connectivity index (χ3n) is 4.19. The summed E-state index contributed by atoms with van der Waals surface area (Å²) in [5, 5.41) is 0. The first kappa shape index (κ1) is 18.0. The summed E-state index contributed by atoms with van der Waals surface area (Å²) < 4.78 is 10.3. The summed E-state index contributed by atoms with van der Waals surface area (Å²) in [7, 11) is 0. The maximum Gasteiger partial charge on any atom is 0.303 e. The van der Waals surface area contributed by atoms with E-state index in [9.17, 15) is 9.59 Å². The Morgan fingerprint density at radius 2 is 1.38 bits per heavy atom. The largest absolute Gasteiger partial charge is 0.463 e. The van der Waals surface area contributed by atoms with Gasteiger partial charge in [0.25, 0.3) is 0 Å². The van der Waals surface area contributed by atoms with E-state index in [1.165, 1.54) is 52.4 Å². The monoisotopic (exact) mass is 298 g/mol. The number of carbonyl (C=O) groups is 2. The lowest BCUT2D eigenvalue weighted by atomic mass is 9.86. The third kappa shape index (κ3) is 8.08. The first-order valence-corrected chi connectivity index (χ1v) is 8.28.